The minimum absolute atomic E-state index is 0.0299. The van der Waals surface area contributed by atoms with E-state index in [0.717, 1.165) is 25.4 Å². The molecule has 40 heavy (non-hydrogen) atoms. The fourth-order valence-electron chi connectivity index (χ4n) is 4.56. The van der Waals surface area contributed by atoms with Crippen molar-refractivity contribution in [1.82, 2.24) is 9.97 Å². The number of nitrogens with two attached hydrogens (primary N) is 2. The molecule has 0 aliphatic carbocycles. The van der Waals surface area contributed by atoms with Gasteiger partial charge in [-0.05, 0) is 59.7 Å². The molecule has 0 bridgehead atoms. The van der Waals surface area contributed by atoms with Crippen molar-refractivity contribution in [2.45, 2.75) is 19.4 Å². The molecule has 0 aliphatic heterocycles. The third-order valence-electron chi connectivity index (χ3n) is 6.47. The average Bonchev–Trinajstić information content (AvgIpc) is 3.58. The maximum Gasteiger partial charge on any atom is 0.339 e. The van der Waals surface area contributed by atoms with E-state index in [0.29, 0.717) is 39.5 Å². The highest BCUT2D eigenvalue weighted by molar-refractivity contribution is 7.18. The molecule has 9 heteroatoms. The number of carbonyl (C=O) groups excluding carboxylic acids is 2. The number of benzene rings is 4. The minimum Gasteiger partial charge on any atom is -0.455 e. The average molecular weight is 565 g/mol. The second-order valence-electron chi connectivity index (χ2n) is 9.26. The van der Waals surface area contributed by atoms with Gasteiger partial charge in [0.25, 0.3) is 0 Å². The summed E-state index contributed by atoms with van der Waals surface area (Å²) >= 11 is 3.06. The second-order valence-corrected chi connectivity index (χ2v) is 11.5. The van der Waals surface area contributed by atoms with E-state index < -0.39 is 5.97 Å². The van der Waals surface area contributed by atoms with Gasteiger partial charge < -0.3 is 16.2 Å². The van der Waals surface area contributed by atoms with Gasteiger partial charge in [-0.25, -0.2) is 14.8 Å². The van der Waals surface area contributed by atoms with E-state index >= 15 is 0 Å². The minimum atomic E-state index is -0.550. The molecule has 0 unspecified atom stereocenters. The van der Waals surface area contributed by atoms with E-state index in [2.05, 4.69) is 9.97 Å². The number of Topliss-reactive ketones (excluding diaryl/α,β-unsaturated/α-hetero) is 1. The molecule has 0 atom stereocenters. The van der Waals surface area contributed by atoms with Gasteiger partial charge in [-0.3, -0.25) is 4.79 Å². The number of hydrogen-bond donors (Lipinski definition) is 2. The van der Waals surface area contributed by atoms with Crippen molar-refractivity contribution in [3.63, 3.8) is 0 Å². The van der Waals surface area contributed by atoms with E-state index in [4.69, 9.17) is 16.2 Å². The van der Waals surface area contributed by atoms with E-state index in [1.165, 1.54) is 11.3 Å². The number of carbonyl (C=O) groups is 2. The molecule has 0 saturated carbocycles. The molecule has 4 N–H and O–H groups in total. The number of fused-ring (bicyclic) bond motifs is 2. The van der Waals surface area contributed by atoms with Gasteiger partial charge in [-0.2, -0.15) is 0 Å². The number of nitrogen functional groups attached to an aromatic ring is 2. The van der Waals surface area contributed by atoms with Crippen molar-refractivity contribution >= 4 is 66.2 Å². The van der Waals surface area contributed by atoms with Gasteiger partial charge in [0.1, 0.15) is 11.6 Å². The molecule has 0 amide bonds. The Morgan fingerprint density at radius 1 is 0.700 bits per heavy atom. The summed E-state index contributed by atoms with van der Waals surface area (Å²) in [5.74, 6) is -0.640. The lowest BCUT2D eigenvalue weighted by molar-refractivity contribution is 0.0473. The molecule has 6 aromatic rings. The number of ketones is 1. The number of para-hydroxylation sites is 2. The molecule has 0 radical (unpaired) electrons. The smallest absolute Gasteiger partial charge is 0.339 e. The lowest BCUT2D eigenvalue weighted by Crippen LogP contribution is -2.10. The molecule has 0 saturated heterocycles. The maximum atomic E-state index is 13.5. The van der Waals surface area contributed by atoms with Crippen LogP contribution in [-0.4, -0.2) is 21.7 Å². The Morgan fingerprint density at radius 3 is 1.90 bits per heavy atom. The summed E-state index contributed by atoms with van der Waals surface area (Å²) < 4.78 is 7.77. The number of hydrogen-bond acceptors (Lipinski definition) is 9. The Kier molecular flexibility index (Phi) is 6.98. The van der Waals surface area contributed by atoms with Crippen LogP contribution in [0.1, 0.15) is 37.2 Å². The van der Waals surface area contributed by atoms with Crippen molar-refractivity contribution in [3.8, 4) is 11.1 Å². The van der Waals surface area contributed by atoms with E-state index in [-0.39, 0.29) is 24.4 Å². The summed E-state index contributed by atoms with van der Waals surface area (Å²) in [6.45, 7) is 0.0299. The van der Waals surface area contributed by atoms with Gasteiger partial charge in [0.2, 0.25) is 0 Å². The highest BCUT2D eigenvalue weighted by Crippen LogP contribution is 2.33. The van der Waals surface area contributed by atoms with Crippen molar-refractivity contribution in [2.24, 2.45) is 0 Å². The van der Waals surface area contributed by atoms with Gasteiger partial charge in [0.05, 0.1) is 31.0 Å². The Hall–Kier alpha value is -4.60. The van der Waals surface area contributed by atoms with Crippen LogP contribution in [0.4, 0.5) is 11.4 Å². The molecule has 0 spiro atoms. The molecule has 4 aromatic carbocycles. The quantitative estimate of drug-likeness (QED) is 0.117. The number of aryl methyl sites for hydroxylation is 1. The summed E-state index contributed by atoms with van der Waals surface area (Å²) in [6, 6.07) is 25.8. The monoisotopic (exact) mass is 564 g/mol. The molecule has 0 aliphatic rings. The van der Waals surface area contributed by atoms with Gasteiger partial charge in [-0.1, -0.05) is 36.4 Å². The fourth-order valence-corrected chi connectivity index (χ4v) is 6.41. The van der Waals surface area contributed by atoms with Crippen LogP contribution < -0.4 is 11.5 Å². The lowest BCUT2D eigenvalue weighted by atomic mass is 9.91. The topological polar surface area (TPSA) is 121 Å². The van der Waals surface area contributed by atoms with Crippen LogP contribution in [0.3, 0.4) is 0 Å². The summed E-state index contributed by atoms with van der Waals surface area (Å²) in [6.07, 6.45) is 0.758. The first-order valence-electron chi connectivity index (χ1n) is 12.6. The zero-order valence-corrected chi connectivity index (χ0v) is 22.9. The highest BCUT2D eigenvalue weighted by Gasteiger charge is 2.21. The van der Waals surface area contributed by atoms with Gasteiger partial charge in [-0.15, -0.1) is 22.7 Å². The molecule has 0 fully saturated rings. The summed E-state index contributed by atoms with van der Waals surface area (Å²) in [5.41, 5.74) is 16.7. The summed E-state index contributed by atoms with van der Waals surface area (Å²) in [4.78, 5) is 36.0. The third kappa shape index (κ3) is 5.29. The highest BCUT2D eigenvalue weighted by atomic mass is 32.1. The van der Waals surface area contributed by atoms with E-state index in [1.54, 1.807) is 47.7 Å². The van der Waals surface area contributed by atoms with Crippen LogP contribution in [0, 0.1) is 0 Å². The zero-order chi connectivity index (χ0) is 27.6. The van der Waals surface area contributed by atoms with Gasteiger partial charge in [0, 0.05) is 29.8 Å². The Labute approximate surface area is 238 Å². The number of anilines is 2. The number of thiazole rings is 2. The summed E-state index contributed by atoms with van der Waals surface area (Å²) in [7, 11) is 0. The Morgan fingerprint density at radius 2 is 1.25 bits per heavy atom. The number of aromatic nitrogens is 2. The second kappa shape index (κ2) is 10.9. The number of ether oxygens (including phenoxy) is 1. The van der Waals surface area contributed by atoms with Gasteiger partial charge >= 0.3 is 5.97 Å². The van der Waals surface area contributed by atoms with Crippen LogP contribution >= 0.6 is 22.7 Å². The summed E-state index contributed by atoms with van der Waals surface area (Å²) in [5, 5.41) is 1.59. The van der Waals surface area contributed by atoms with Gasteiger partial charge in [0.15, 0.2) is 5.78 Å². The zero-order valence-electron chi connectivity index (χ0n) is 21.3. The predicted molar refractivity (Wildman–Crippen MR) is 162 cm³/mol. The van der Waals surface area contributed by atoms with Crippen LogP contribution in [0.25, 0.3) is 31.6 Å². The van der Waals surface area contributed by atoms with Crippen LogP contribution in [0.2, 0.25) is 0 Å². The predicted octanol–water partition coefficient (Wildman–Crippen LogP) is 6.91. The van der Waals surface area contributed by atoms with E-state index in [9.17, 15) is 9.59 Å². The van der Waals surface area contributed by atoms with Crippen molar-refractivity contribution in [3.05, 3.63) is 106 Å². The molecule has 2 heterocycles. The number of esters is 1. The normalized spacial score (nSPS) is 11.2. The maximum absolute atomic E-state index is 13.5. The SMILES string of the molecule is Nc1ccc(-c2ccc(N)cc2C(=O)OCc2nc3ccccc3s2)c(C(=O)CCc2nc3ccccc3s2)c1. The van der Waals surface area contributed by atoms with Crippen molar-refractivity contribution in [1.29, 1.82) is 0 Å². The fraction of sp³-hybridized carbons (Fsp3) is 0.0968. The van der Waals surface area contributed by atoms with Crippen molar-refractivity contribution in [2.75, 3.05) is 11.5 Å². The largest absolute Gasteiger partial charge is 0.455 e. The number of rotatable bonds is 8. The standard InChI is InChI=1S/C31H24N4O3S2/c32-18-9-11-20(22(15-18)26(36)13-14-29-34-24-5-1-3-7-27(24)39-29)21-12-10-19(33)16-23(21)31(37)38-17-30-35-25-6-2-4-8-28(25)40-30/h1-12,15-16H,13-14,17,32-33H2. The Bertz CT molecular complexity index is 1690. The lowest BCUT2D eigenvalue weighted by Gasteiger charge is -2.14. The van der Waals surface area contributed by atoms with Crippen LogP contribution in [0.5, 0.6) is 0 Å². The molecular weight excluding hydrogens is 541 g/mol. The van der Waals surface area contributed by atoms with E-state index in [1.807, 2.05) is 48.5 Å². The first-order chi connectivity index (χ1) is 19.4. The molecule has 198 valence electrons. The third-order valence-corrected chi connectivity index (χ3v) is 8.57. The van der Waals surface area contributed by atoms with Crippen LogP contribution in [0.15, 0.2) is 84.9 Å². The number of nitrogens with zero attached hydrogens (tertiary/aromatic N) is 2. The Balaban J connectivity index is 1.26. The molecule has 6 rings (SSSR count). The molecular formula is C31H24N4O3S2. The van der Waals surface area contributed by atoms with Crippen molar-refractivity contribution < 1.29 is 14.3 Å². The first-order valence-corrected chi connectivity index (χ1v) is 14.3. The molecule has 2 aromatic heterocycles. The molecule has 7 nitrogen and oxygen atoms in total. The first kappa shape index (κ1) is 25.7. The van der Waals surface area contributed by atoms with Crippen LogP contribution in [-0.2, 0) is 17.8 Å².